The number of ether oxygens (including phenoxy) is 3. The van der Waals surface area contributed by atoms with E-state index in [2.05, 4.69) is 15.0 Å². The van der Waals surface area contributed by atoms with Crippen LogP contribution >= 0.6 is 0 Å². The molecule has 1 aliphatic rings. The molecule has 0 bridgehead atoms. The van der Waals surface area contributed by atoms with Gasteiger partial charge in [0.1, 0.15) is 41.4 Å². The first kappa shape index (κ1) is 41.8. The molecule has 6 aromatic carbocycles. The normalized spacial score (nSPS) is 18.4. The van der Waals surface area contributed by atoms with Crippen molar-refractivity contribution >= 4 is 21.3 Å². The summed E-state index contributed by atoms with van der Waals surface area (Å²) in [7, 11) is -6.31. The molecule has 0 saturated carbocycles. The first-order valence-electron chi connectivity index (χ1n) is 20.0. The molecule has 9 rings (SSSR count). The molecule has 318 valence electrons. The van der Waals surface area contributed by atoms with Crippen LogP contribution in [0.3, 0.4) is 0 Å². The van der Waals surface area contributed by atoms with E-state index in [1.165, 1.54) is 23.4 Å². The molecule has 0 radical (unpaired) electrons. The van der Waals surface area contributed by atoms with Gasteiger partial charge in [-0.05, 0) is 33.4 Å². The third-order valence-corrected chi connectivity index (χ3v) is 12.2. The third kappa shape index (κ3) is 7.81. The zero-order valence-electron chi connectivity index (χ0n) is 33.3. The van der Waals surface area contributed by atoms with Gasteiger partial charge in [0.25, 0.3) is 0 Å². The molecule has 14 heteroatoms. The van der Waals surface area contributed by atoms with E-state index in [1.54, 1.807) is 0 Å². The predicted molar refractivity (Wildman–Crippen MR) is 228 cm³/mol. The number of alkyl halides is 3. The zero-order chi connectivity index (χ0) is 43.5. The Morgan fingerprint density at radius 1 is 0.571 bits per heavy atom. The summed E-state index contributed by atoms with van der Waals surface area (Å²) in [4.78, 5) is 13.0. The monoisotopic (exact) mass is 868 g/mol. The lowest BCUT2D eigenvalue weighted by atomic mass is 9.79. The highest BCUT2D eigenvalue weighted by molar-refractivity contribution is 7.87. The number of hydrogen-bond acceptors (Lipinski definition) is 9. The molecule has 0 aliphatic carbocycles. The molecular weight excluding hydrogens is 830 g/mol. The number of rotatable bonds is 14. The van der Waals surface area contributed by atoms with Crippen LogP contribution in [0.4, 0.5) is 13.2 Å². The lowest BCUT2D eigenvalue weighted by Gasteiger charge is -2.40. The number of nitrogens with zero attached hydrogens (tertiary/aromatic N) is 4. The van der Waals surface area contributed by atoms with Crippen molar-refractivity contribution in [2.75, 3.05) is 6.61 Å². The highest BCUT2D eigenvalue weighted by Gasteiger charge is 2.58. The van der Waals surface area contributed by atoms with E-state index in [1.807, 2.05) is 182 Å². The molecule has 3 heterocycles. The van der Waals surface area contributed by atoms with Crippen molar-refractivity contribution in [2.24, 2.45) is 0 Å². The molecule has 8 aromatic rings. The second-order valence-electron chi connectivity index (χ2n) is 14.9. The molecule has 0 amide bonds. The van der Waals surface area contributed by atoms with Gasteiger partial charge in [-0.15, -0.1) is 0 Å². The summed E-state index contributed by atoms with van der Waals surface area (Å²) < 4.78 is 98.9. The average molecular weight is 869 g/mol. The number of fused-ring (bicyclic) bond motifs is 1. The summed E-state index contributed by atoms with van der Waals surface area (Å²) in [5.41, 5.74) is -4.35. The van der Waals surface area contributed by atoms with Crippen LogP contribution in [0, 0.1) is 0 Å². The maximum atomic E-state index is 14.6. The Balaban J connectivity index is 1.26. The van der Waals surface area contributed by atoms with E-state index < -0.39 is 58.0 Å². The Labute approximate surface area is 361 Å². The van der Waals surface area contributed by atoms with Gasteiger partial charge in [-0.3, -0.25) is 8.75 Å². The summed E-state index contributed by atoms with van der Waals surface area (Å²) in [5.74, 6) is 0. The van der Waals surface area contributed by atoms with Gasteiger partial charge >= 0.3 is 15.6 Å². The molecule has 0 N–H and O–H groups in total. The Kier molecular flexibility index (Phi) is 11.5. The smallest absolute Gasteiger partial charge is 0.358 e. The average Bonchev–Trinajstić information content (AvgIpc) is 3.90. The van der Waals surface area contributed by atoms with E-state index in [-0.39, 0.29) is 5.65 Å². The Bertz CT molecular complexity index is 2670. The fourth-order valence-electron chi connectivity index (χ4n) is 8.38. The van der Waals surface area contributed by atoms with E-state index in [4.69, 9.17) is 18.4 Å². The van der Waals surface area contributed by atoms with Crippen molar-refractivity contribution in [3.8, 4) is 0 Å². The van der Waals surface area contributed by atoms with E-state index in [9.17, 15) is 21.6 Å². The van der Waals surface area contributed by atoms with Crippen molar-refractivity contribution in [1.29, 1.82) is 0 Å². The SMILES string of the molecule is O=S(=O)(O[C@H]1[C@@H](OC(c2ccccc2)(c2ccccc2)c2ccccc2)[C@H](n2cnc3cncnc32)O[C@@H]1COC(c1ccccc1)(c1ccccc1)c1ccccc1)C(F)(F)F. The van der Waals surface area contributed by atoms with Gasteiger partial charge in [-0.1, -0.05) is 182 Å². The van der Waals surface area contributed by atoms with E-state index in [0.717, 1.165) is 0 Å². The number of halogens is 3. The first-order chi connectivity index (χ1) is 30.6. The predicted octanol–water partition coefficient (Wildman–Crippen LogP) is 9.34. The number of aromatic nitrogens is 4. The van der Waals surface area contributed by atoms with Crippen LogP contribution in [0.15, 0.2) is 201 Å². The van der Waals surface area contributed by atoms with Gasteiger partial charge in [0.15, 0.2) is 11.9 Å². The third-order valence-electron chi connectivity index (χ3n) is 11.2. The summed E-state index contributed by atoms with van der Waals surface area (Å²) in [6.07, 6.45) is -2.39. The van der Waals surface area contributed by atoms with E-state index >= 15 is 0 Å². The lowest BCUT2D eigenvalue weighted by Crippen LogP contribution is -2.48. The van der Waals surface area contributed by atoms with Gasteiger partial charge in [-0.25, -0.2) is 15.0 Å². The number of hydrogen-bond donors (Lipinski definition) is 0. The van der Waals surface area contributed by atoms with Crippen molar-refractivity contribution in [3.05, 3.63) is 234 Å². The van der Waals surface area contributed by atoms with Crippen LogP contribution < -0.4 is 0 Å². The molecule has 1 saturated heterocycles. The van der Waals surface area contributed by atoms with Crippen molar-refractivity contribution in [3.63, 3.8) is 0 Å². The largest absolute Gasteiger partial charge is 0.523 e. The van der Waals surface area contributed by atoms with Gasteiger partial charge in [-0.2, -0.15) is 21.6 Å². The summed E-state index contributed by atoms with van der Waals surface area (Å²) in [6, 6.07) is 55.4. The molecular formula is C49H39F3N4O6S. The van der Waals surface area contributed by atoms with Crippen molar-refractivity contribution in [2.45, 2.75) is 41.3 Å². The van der Waals surface area contributed by atoms with Crippen molar-refractivity contribution < 1.29 is 40.0 Å². The molecule has 0 spiro atoms. The standard InChI is InChI=1S/C49H39F3N4O6S/c50-49(51,52)63(57,58)62-43-42(32-59-47(35-19-7-1-8-20-35,36-21-9-2-10-22-36)37-23-11-3-12-24-37)60-46(56-34-55-41-31-53-33-54-45(41)56)44(43)61-48(38-25-13-4-14-26-38,39-27-15-5-16-28-39)40-29-17-6-18-30-40/h1-31,33-34,42-44,46H,32H2/t42-,43-,44-,46-/m1/s1. The quantitative estimate of drug-likeness (QED) is 0.0599. The Morgan fingerprint density at radius 3 is 1.40 bits per heavy atom. The summed E-state index contributed by atoms with van der Waals surface area (Å²) in [6.45, 7) is -0.496. The zero-order valence-corrected chi connectivity index (χ0v) is 34.2. The van der Waals surface area contributed by atoms with Crippen LogP contribution in [-0.4, -0.2) is 58.4 Å². The molecule has 1 aliphatic heterocycles. The summed E-state index contributed by atoms with van der Waals surface area (Å²) >= 11 is 0. The van der Waals surface area contributed by atoms with Crippen LogP contribution in [0.5, 0.6) is 0 Å². The van der Waals surface area contributed by atoms with Gasteiger partial charge in [0, 0.05) is 0 Å². The van der Waals surface area contributed by atoms with Gasteiger partial charge in [0.05, 0.1) is 19.1 Å². The van der Waals surface area contributed by atoms with Crippen LogP contribution in [0.2, 0.25) is 0 Å². The topological polar surface area (TPSA) is 115 Å². The number of imidazole rings is 1. The fourth-order valence-corrected chi connectivity index (χ4v) is 9.02. The maximum Gasteiger partial charge on any atom is 0.523 e. The minimum absolute atomic E-state index is 0.250. The van der Waals surface area contributed by atoms with Crippen LogP contribution in [-0.2, 0) is 39.7 Å². The molecule has 4 atom stereocenters. The fraction of sp³-hybridized carbons (Fsp3) is 0.163. The number of benzene rings is 6. The van der Waals surface area contributed by atoms with Crippen LogP contribution in [0.25, 0.3) is 11.2 Å². The molecule has 2 aromatic heterocycles. The first-order valence-corrected chi connectivity index (χ1v) is 21.5. The van der Waals surface area contributed by atoms with Gasteiger partial charge < -0.3 is 14.2 Å². The lowest BCUT2D eigenvalue weighted by molar-refractivity contribution is -0.122. The highest BCUT2D eigenvalue weighted by atomic mass is 32.2. The van der Waals surface area contributed by atoms with E-state index in [0.29, 0.717) is 38.9 Å². The molecule has 0 unspecified atom stereocenters. The van der Waals surface area contributed by atoms with Crippen LogP contribution in [0.1, 0.15) is 39.6 Å². The second kappa shape index (κ2) is 17.3. The molecule has 63 heavy (non-hydrogen) atoms. The maximum absolute atomic E-state index is 14.6. The molecule has 10 nitrogen and oxygen atoms in total. The van der Waals surface area contributed by atoms with Gasteiger partial charge in [0.2, 0.25) is 0 Å². The Hall–Kier alpha value is -6.55. The summed E-state index contributed by atoms with van der Waals surface area (Å²) in [5, 5.41) is 0. The minimum atomic E-state index is -6.31. The second-order valence-corrected chi connectivity index (χ2v) is 16.4. The molecule has 1 fully saturated rings. The Morgan fingerprint density at radius 2 is 0.984 bits per heavy atom. The minimum Gasteiger partial charge on any atom is -0.358 e. The highest BCUT2D eigenvalue weighted by Crippen LogP contribution is 2.48. The van der Waals surface area contributed by atoms with Crippen molar-refractivity contribution in [1.82, 2.24) is 19.5 Å².